The predicted molar refractivity (Wildman–Crippen MR) is 119 cm³/mol. The number of hydrogen-bond donors (Lipinski definition) is 1. The summed E-state index contributed by atoms with van der Waals surface area (Å²) in [7, 11) is 0. The number of aryl methyl sites for hydroxylation is 2. The van der Waals surface area contributed by atoms with Crippen LogP contribution in [0.1, 0.15) is 24.5 Å². The second kappa shape index (κ2) is 9.39. The predicted octanol–water partition coefficient (Wildman–Crippen LogP) is 5.47. The Labute approximate surface area is 178 Å². The van der Waals surface area contributed by atoms with E-state index in [1.54, 1.807) is 0 Å². The van der Waals surface area contributed by atoms with E-state index in [-0.39, 0.29) is 11.7 Å². The summed E-state index contributed by atoms with van der Waals surface area (Å²) in [5, 5.41) is 12.5. The van der Waals surface area contributed by atoms with Gasteiger partial charge in [0.15, 0.2) is 11.0 Å². The average Bonchev–Trinajstić information content (AvgIpc) is 3.05. The Balaban J connectivity index is 1.72. The molecule has 0 unspecified atom stereocenters. The van der Waals surface area contributed by atoms with Crippen molar-refractivity contribution in [2.24, 2.45) is 0 Å². The summed E-state index contributed by atoms with van der Waals surface area (Å²) in [6, 6.07) is 14.0. The van der Waals surface area contributed by atoms with E-state index in [1.807, 2.05) is 37.3 Å². The molecule has 28 heavy (non-hydrogen) atoms. The summed E-state index contributed by atoms with van der Waals surface area (Å²) >= 11 is 4.85. The SMILES string of the molecule is CCCn1c(SCC(=O)Nc2ccc(Br)cc2C)nnc1-c1cccc(C)c1. The molecule has 0 aliphatic carbocycles. The molecule has 0 bridgehead atoms. The van der Waals surface area contributed by atoms with E-state index in [2.05, 4.69) is 62.0 Å². The number of carbonyl (C=O) groups is 1. The van der Waals surface area contributed by atoms with Crippen molar-refractivity contribution in [1.29, 1.82) is 0 Å². The van der Waals surface area contributed by atoms with Gasteiger partial charge in [0.1, 0.15) is 0 Å². The topological polar surface area (TPSA) is 59.8 Å². The highest BCUT2D eigenvalue weighted by Gasteiger charge is 2.15. The molecule has 7 heteroatoms. The van der Waals surface area contributed by atoms with Crippen LogP contribution in [0, 0.1) is 13.8 Å². The smallest absolute Gasteiger partial charge is 0.234 e. The second-order valence-corrected chi connectivity index (χ2v) is 8.48. The zero-order valence-corrected chi connectivity index (χ0v) is 18.6. The molecule has 1 aromatic heterocycles. The number of hydrogen-bond acceptors (Lipinski definition) is 4. The van der Waals surface area contributed by atoms with Gasteiger partial charge in [-0.05, 0) is 50.1 Å². The molecule has 2 aromatic carbocycles. The van der Waals surface area contributed by atoms with Gasteiger partial charge in [0, 0.05) is 22.3 Å². The first kappa shape index (κ1) is 20.6. The number of amides is 1. The Kier molecular flexibility index (Phi) is 6.91. The number of anilines is 1. The molecule has 146 valence electrons. The molecule has 0 saturated heterocycles. The van der Waals surface area contributed by atoms with Gasteiger partial charge in [-0.2, -0.15) is 0 Å². The number of nitrogens with zero attached hydrogens (tertiary/aromatic N) is 3. The van der Waals surface area contributed by atoms with Gasteiger partial charge in [0.05, 0.1) is 5.75 Å². The van der Waals surface area contributed by atoms with Crippen LogP contribution in [0.4, 0.5) is 5.69 Å². The second-order valence-electron chi connectivity index (χ2n) is 6.62. The van der Waals surface area contributed by atoms with Gasteiger partial charge in [0.25, 0.3) is 0 Å². The summed E-state index contributed by atoms with van der Waals surface area (Å²) in [6.45, 7) is 6.97. The maximum Gasteiger partial charge on any atom is 0.234 e. The maximum atomic E-state index is 12.4. The van der Waals surface area contributed by atoms with Crippen molar-refractivity contribution in [1.82, 2.24) is 14.8 Å². The molecule has 0 aliphatic heterocycles. The van der Waals surface area contributed by atoms with Gasteiger partial charge in [-0.3, -0.25) is 4.79 Å². The van der Waals surface area contributed by atoms with E-state index >= 15 is 0 Å². The zero-order chi connectivity index (χ0) is 20.1. The lowest BCUT2D eigenvalue weighted by Gasteiger charge is -2.10. The molecule has 0 fully saturated rings. The fraction of sp³-hybridized carbons (Fsp3) is 0.286. The van der Waals surface area contributed by atoms with Crippen LogP contribution in [0.15, 0.2) is 52.1 Å². The number of thioether (sulfide) groups is 1. The summed E-state index contributed by atoms with van der Waals surface area (Å²) in [6.07, 6.45) is 0.967. The maximum absolute atomic E-state index is 12.4. The van der Waals surface area contributed by atoms with Gasteiger partial charge in [0.2, 0.25) is 5.91 Å². The quantitative estimate of drug-likeness (QED) is 0.477. The molecule has 0 aliphatic rings. The minimum atomic E-state index is -0.0569. The van der Waals surface area contributed by atoms with Crippen molar-refractivity contribution in [2.45, 2.75) is 38.9 Å². The molecule has 0 spiro atoms. The number of carbonyl (C=O) groups excluding carboxylic acids is 1. The zero-order valence-electron chi connectivity index (χ0n) is 16.2. The molecule has 1 heterocycles. The normalized spacial score (nSPS) is 10.9. The Hall–Kier alpha value is -2.12. The Morgan fingerprint density at radius 2 is 2.00 bits per heavy atom. The summed E-state index contributed by atoms with van der Waals surface area (Å²) < 4.78 is 3.09. The van der Waals surface area contributed by atoms with Gasteiger partial charge in [-0.1, -0.05) is 58.4 Å². The molecule has 3 rings (SSSR count). The summed E-state index contributed by atoms with van der Waals surface area (Å²) in [4.78, 5) is 12.4. The Morgan fingerprint density at radius 1 is 1.18 bits per heavy atom. The van der Waals surface area contributed by atoms with Crippen molar-refractivity contribution >= 4 is 39.3 Å². The van der Waals surface area contributed by atoms with Crippen LogP contribution < -0.4 is 5.32 Å². The van der Waals surface area contributed by atoms with Crippen molar-refractivity contribution in [2.75, 3.05) is 11.1 Å². The lowest BCUT2D eigenvalue weighted by Crippen LogP contribution is -2.15. The first-order valence-electron chi connectivity index (χ1n) is 9.17. The first-order chi connectivity index (χ1) is 13.5. The third kappa shape index (κ3) is 5.02. The molecular weight excluding hydrogens is 436 g/mol. The van der Waals surface area contributed by atoms with Gasteiger partial charge >= 0.3 is 0 Å². The van der Waals surface area contributed by atoms with E-state index in [1.165, 1.54) is 17.3 Å². The van der Waals surface area contributed by atoms with E-state index in [0.717, 1.165) is 45.2 Å². The third-order valence-corrected chi connectivity index (χ3v) is 5.70. The first-order valence-corrected chi connectivity index (χ1v) is 10.9. The molecule has 1 N–H and O–H groups in total. The molecule has 0 radical (unpaired) electrons. The van der Waals surface area contributed by atoms with Crippen LogP contribution in [0.25, 0.3) is 11.4 Å². The number of nitrogens with one attached hydrogen (secondary N) is 1. The van der Waals surface area contributed by atoms with Crippen molar-refractivity contribution in [3.8, 4) is 11.4 Å². The molecule has 1 amide bonds. The van der Waals surface area contributed by atoms with Crippen molar-refractivity contribution < 1.29 is 4.79 Å². The van der Waals surface area contributed by atoms with E-state index in [4.69, 9.17) is 0 Å². The lowest BCUT2D eigenvalue weighted by atomic mass is 10.1. The van der Waals surface area contributed by atoms with Crippen LogP contribution in [0.3, 0.4) is 0 Å². The largest absolute Gasteiger partial charge is 0.325 e. The fourth-order valence-electron chi connectivity index (χ4n) is 2.90. The molecule has 0 saturated carbocycles. The molecular formula is C21H23BrN4OS. The highest BCUT2D eigenvalue weighted by atomic mass is 79.9. The van der Waals surface area contributed by atoms with E-state index in [9.17, 15) is 4.79 Å². The van der Waals surface area contributed by atoms with E-state index < -0.39 is 0 Å². The van der Waals surface area contributed by atoms with Crippen LogP contribution in [0.2, 0.25) is 0 Å². The van der Waals surface area contributed by atoms with Crippen LogP contribution in [0.5, 0.6) is 0 Å². The minimum Gasteiger partial charge on any atom is -0.325 e. The van der Waals surface area contributed by atoms with Gasteiger partial charge in [-0.25, -0.2) is 0 Å². The number of rotatable bonds is 7. The van der Waals surface area contributed by atoms with Crippen LogP contribution in [-0.4, -0.2) is 26.4 Å². The minimum absolute atomic E-state index is 0.0569. The molecule has 0 atom stereocenters. The van der Waals surface area contributed by atoms with Gasteiger partial charge < -0.3 is 9.88 Å². The Bertz CT molecular complexity index is 986. The average molecular weight is 459 g/mol. The highest BCUT2D eigenvalue weighted by Crippen LogP contribution is 2.26. The van der Waals surface area contributed by atoms with Crippen molar-refractivity contribution in [3.63, 3.8) is 0 Å². The lowest BCUT2D eigenvalue weighted by molar-refractivity contribution is -0.113. The molecule has 3 aromatic rings. The fourth-order valence-corrected chi connectivity index (χ4v) is 4.14. The highest BCUT2D eigenvalue weighted by molar-refractivity contribution is 9.10. The molecule has 5 nitrogen and oxygen atoms in total. The number of aromatic nitrogens is 3. The number of benzene rings is 2. The summed E-state index contributed by atoms with van der Waals surface area (Å²) in [5.74, 6) is 1.07. The monoisotopic (exact) mass is 458 g/mol. The number of halogens is 1. The third-order valence-electron chi connectivity index (χ3n) is 4.24. The van der Waals surface area contributed by atoms with Crippen molar-refractivity contribution in [3.05, 3.63) is 58.1 Å². The Morgan fingerprint density at radius 3 is 2.71 bits per heavy atom. The van der Waals surface area contributed by atoms with Gasteiger partial charge in [-0.15, -0.1) is 10.2 Å². The van der Waals surface area contributed by atoms with E-state index in [0.29, 0.717) is 0 Å². The summed E-state index contributed by atoms with van der Waals surface area (Å²) in [5.41, 5.74) is 4.07. The van der Waals surface area contributed by atoms with Crippen LogP contribution in [-0.2, 0) is 11.3 Å². The standard InChI is InChI=1S/C21H23BrN4OS/c1-4-10-26-20(16-7-5-6-14(2)11-16)24-25-21(26)28-13-19(27)23-18-9-8-17(22)12-15(18)3/h5-9,11-12H,4,10,13H2,1-3H3,(H,23,27). The van der Waals surface area contributed by atoms with Crippen LogP contribution >= 0.6 is 27.7 Å².